The van der Waals surface area contributed by atoms with Gasteiger partial charge in [-0.1, -0.05) is 72.2 Å². The summed E-state index contributed by atoms with van der Waals surface area (Å²) in [7, 11) is 0. The van der Waals surface area contributed by atoms with Gasteiger partial charge in [0.25, 0.3) is 0 Å². The maximum Gasteiger partial charge on any atom is 0.338 e. The Kier molecular flexibility index (Phi) is 6.29. The van der Waals surface area contributed by atoms with Gasteiger partial charge >= 0.3 is 11.9 Å². The van der Waals surface area contributed by atoms with Gasteiger partial charge in [0.1, 0.15) is 12.2 Å². The summed E-state index contributed by atoms with van der Waals surface area (Å²) in [6, 6.07) is 15.4. The monoisotopic (exact) mass is 488 g/mol. The average Bonchev–Trinajstić information content (AvgIpc) is 3.52. The van der Waals surface area contributed by atoms with E-state index in [2.05, 4.69) is 41.5 Å². The zero-order chi connectivity index (χ0) is 25.8. The second kappa shape index (κ2) is 9.04. The number of carbonyl (C=O) groups is 2. The number of hydrogen-bond acceptors (Lipinski definition) is 4. The minimum absolute atomic E-state index is 0.0227. The van der Waals surface area contributed by atoms with Crippen LogP contribution in [0.15, 0.2) is 48.5 Å². The van der Waals surface area contributed by atoms with Crippen LogP contribution < -0.4 is 0 Å². The highest BCUT2D eigenvalue weighted by molar-refractivity contribution is 5.90. The summed E-state index contributed by atoms with van der Waals surface area (Å²) in [6.07, 6.45) is 3.83. The van der Waals surface area contributed by atoms with Crippen LogP contribution in [0.3, 0.4) is 0 Å². The molecule has 0 aliphatic heterocycles. The Hall–Kier alpha value is -2.62. The molecule has 0 heterocycles. The third-order valence-corrected chi connectivity index (χ3v) is 8.90. The third kappa shape index (κ3) is 4.60. The molecule has 4 nitrogen and oxygen atoms in total. The summed E-state index contributed by atoms with van der Waals surface area (Å²) in [5.74, 6) is 1.08. The van der Waals surface area contributed by atoms with Crippen LogP contribution >= 0.6 is 0 Å². The van der Waals surface area contributed by atoms with E-state index in [0.717, 1.165) is 6.42 Å². The van der Waals surface area contributed by atoms with Crippen molar-refractivity contribution in [1.29, 1.82) is 0 Å². The van der Waals surface area contributed by atoms with Crippen LogP contribution in [0.25, 0.3) is 0 Å². The van der Waals surface area contributed by atoms with Crippen molar-refractivity contribution in [2.75, 3.05) is 0 Å². The van der Waals surface area contributed by atoms with Crippen LogP contribution in [0, 0.1) is 23.7 Å². The Morgan fingerprint density at radius 1 is 0.611 bits per heavy atom. The first-order valence-corrected chi connectivity index (χ1v) is 13.6. The molecule has 2 aromatic carbocycles. The first kappa shape index (κ1) is 25.0. The third-order valence-electron chi connectivity index (χ3n) is 8.90. The number of esters is 2. The molecule has 3 saturated carbocycles. The van der Waals surface area contributed by atoms with Gasteiger partial charge in [-0.3, -0.25) is 0 Å². The average molecular weight is 489 g/mol. The number of fused-ring (bicyclic) bond motifs is 5. The summed E-state index contributed by atoms with van der Waals surface area (Å²) in [5, 5.41) is 0. The summed E-state index contributed by atoms with van der Waals surface area (Å²) in [6.45, 7) is 12.9. The molecule has 6 unspecified atom stereocenters. The molecule has 2 aromatic rings. The predicted octanol–water partition coefficient (Wildman–Crippen LogP) is 7.10. The lowest BCUT2D eigenvalue weighted by atomic mass is 9.78. The van der Waals surface area contributed by atoms with Crippen LogP contribution in [-0.4, -0.2) is 24.1 Å². The molecule has 3 aliphatic rings. The normalized spacial score (nSPS) is 29.2. The van der Waals surface area contributed by atoms with E-state index in [4.69, 9.17) is 9.47 Å². The van der Waals surface area contributed by atoms with E-state index in [-0.39, 0.29) is 46.8 Å². The van der Waals surface area contributed by atoms with E-state index < -0.39 is 0 Å². The number of rotatable bonds is 4. The summed E-state index contributed by atoms with van der Waals surface area (Å²) in [5.41, 5.74) is 3.51. The molecular weight excluding hydrogens is 448 g/mol. The highest BCUT2D eigenvalue weighted by Gasteiger charge is 2.62. The van der Waals surface area contributed by atoms with Crippen LogP contribution in [0.5, 0.6) is 0 Å². The zero-order valence-electron chi connectivity index (χ0n) is 22.5. The number of hydrogen-bond donors (Lipinski definition) is 0. The molecule has 0 spiro atoms. The quantitative estimate of drug-likeness (QED) is 0.431. The number of benzene rings is 2. The van der Waals surface area contributed by atoms with Gasteiger partial charge in [-0.2, -0.15) is 0 Å². The lowest BCUT2D eigenvalue weighted by Gasteiger charge is -2.37. The van der Waals surface area contributed by atoms with E-state index >= 15 is 0 Å². The fourth-order valence-corrected chi connectivity index (χ4v) is 6.89. The molecule has 3 aliphatic carbocycles. The van der Waals surface area contributed by atoms with Crippen LogP contribution in [0.2, 0.25) is 0 Å². The fourth-order valence-electron chi connectivity index (χ4n) is 6.89. The van der Waals surface area contributed by atoms with Crippen LogP contribution in [-0.2, 0) is 20.3 Å². The van der Waals surface area contributed by atoms with Gasteiger partial charge in [-0.25, -0.2) is 9.59 Å². The van der Waals surface area contributed by atoms with Crippen molar-refractivity contribution < 1.29 is 19.1 Å². The molecule has 2 bridgehead atoms. The number of carbonyl (C=O) groups excluding carboxylic acids is 2. The van der Waals surface area contributed by atoms with Crippen molar-refractivity contribution in [3.8, 4) is 0 Å². The highest BCUT2D eigenvalue weighted by atomic mass is 16.6. The smallest absolute Gasteiger partial charge is 0.338 e. The molecule has 36 heavy (non-hydrogen) atoms. The van der Waals surface area contributed by atoms with Crippen LogP contribution in [0.1, 0.15) is 99.1 Å². The first-order chi connectivity index (χ1) is 16.9. The maximum atomic E-state index is 13.2. The van der Waals surface area contributed by atoms with Gasteiger partial charge in [-0.15, -0.1) is 0 Å². The first-order valence-electron chi connectivity index (χ1n) is 13.6. The van der Waals surface area contributed by atoms with Gasteiger partial charge in [0, 0.05) is 11.8 Å². The van der Waals surface area contributed by atoms with Gasteiger partial charge in [-0.05, 0) is 77.3 Å². The molecule has 3 fully saturated rings. The summed E-state index contributed by atoms with van der Waals surface area (Å²) < 4.78 is 12.3. The van der Waals surface area contributed by atoms with Gasteiger partial charge in [0.15, 0.2) is 0 Å². The Balaban J connectivity index is 1.34. The van der Waals surface area contributed by atoms with Crippen molar-refractivity contribution in [3.63, 3.8) is 0 Å². The Labute approximate surface area is 215 Å². The summed E-state index contributed by atoms with van der Waals surface area (Å²) >= 11 is 0. The van der Waals surface area contributed by atoms with Crippen molar-refractivity contribution in [3.05, 3.63) is 70.8 Å². The van der Waals surface area contributed by atoms with Crippen molar-refractivity contribution >= 4 is 11.9 Å². The molecule has 0 radical (unpaired) electrons. The van der Waals surface area contributed by atoms with E-state index in [0.29, 0.717) is 23.0 Å². The molecule has 6 atom stereocenters. The Morgan fingerprint density at radius 3 is 1.31 bits per heavy atom. The molecule has 0 amide bonds. The van der Waals surface area contributed by atoms with E-state index in [1.54, 1.807) is 0 Å². The Bertz CT molecular complexity index is 1030. The lowest BCUT2D eigenvalue weighted by molar-refractivity contribution is -0.0766. The van der Waals surface area contributed by atoms with Crippen molar-refractivity contribution in [1.82, 2.24) is 0 Å². The minimum Gasteiger partial charge on any atom is -0.455 e. The second-order valence-corrected chi connectivity index (χ2v) is 13.2. The predicted molar refractivity (Wildman–Crippen MR) is 141 cm³/mol. The van der Waals surface area contributed by atoms with Gasteiger partial charge in [0.05, 0.1) is 11.1 Å². The lowest BCUT2D eigenvalue weighted by Crippen LogP contribution is -2.45. The maximum absolute atomic E-state index is 13.2. The van der Waals surface area contributed by atoms with Crippen molar-refractivity contribution in [2.45, 2.75) is 90.3 Å². The second-order valence-electron chi connectivity index (χ2n) is 13.2. The Morgan fingerprint density at radius 2 is 0.972 bits per heavy atom. The standard InChI is InChI=1S/C32H40O4/c1-31(2,3)21-14-10-19(11-15-21)29(33)35-27-25-18-26(24-9-7-8-23(24)25)28(27)36-30(34)20-12-16-22(17-13-20)32(4,5)6/h10-17,23-28H,7-9,18H2,1-6H3. The highest BCUT2D eigenvalue weighted by Crippen LogP contribution is 2.60. The van der Waals surface area contributed by atoms with Crippen LogP contribution in [0.4, 0.5) is 0 Å². The molecule has 0 saturated heterocycles. The van der Waals surface area contributed by atoms with Gasteiger partial charge in [0.2, 0.25) is 0 Å². The molecule has 0 aromatic heterocycles. The largest absolute Gasteiger partial charge is 0.455 e. The fraction of sp³-hybridized carbons (Fsp3) is 0.562. The topological polar surface area (TPSA) is 52.6 Å². The van der Waals surface area contributed by atoms with E-state index in [1.165, 1.54) is 30.4 Å². The SMILES string of the molecule is CC(C)(C)c1ccc(C(=O)OC2C3CC(C4CCCC43)C2OC(=O)c2ccc(C(C)(C)C)cc2)cc1. The van der Waals surface area contributed by atoms with Gasteiger partial charge < -0.3 is 9.47 Å². The summed E-state index contributed by atoms with van der Waals surface area (Å²) in [4.78, 5) is 26.4. The van der Waals surface area contributed by atoms with E-state index in [9.17, 15) is 9.59 Å². The molecule has 192 valence electrons. The minimum atomic E-state index is -0.373. The van der Waals surface area contributed by atoms with E-state index in [1.807, 2.05) is 48.5 Å². The molecule has 4 heteroatoms. The van der Waals surface area contributed by atoms with Crippen molar-refractivity contribution in [2.24, 2.45) is 23.7 Å². The number of ether oxygens (including phenoxy) is 2. The zero-order valence-corrected chi connectivity index (χ0v) is 22.5. The molecule has 5 rings (SSSR count). The molecular formula is C32H40O4. The molecule has 0 N–H and O–H groups in total.